The van der Waals surface area contributed by atoms with E-state index in [1.54, 1.807) is 0 Å². The second-order valence-corrected chi connectivity index (χ2v) is 5.80. The quantitative estimate of drug-likeness (QED) is 0.705. The average Bonchev–Trinajstić information content (AvgIpc) is 2.80. The maximum absolute atomic E-state index is 11.9. The van der Waals surface area contributed by atoms with E-state index in [0.29, 0.717) is 5.92 Å². The van der Waals surface area contributed by atoms with Crippen molar-refractivity contribution in [3.63, 3.8) is 0 Å². The summed E-state index contributed by atoms with van der Waals surface area (Å²) >= 11 is 0. The molecule has 1 heterocycles. The van der Waals surface area contributed by atoms with Crippen LogP contribution >= 0.6 is 0 Å². The molecular formula is C12H21NO2. The third-order valence-electron chi connectivity index (χ3n) is 3.20. The molecule has 1 N–H and O–H groups in total. The van der Waals surface area contributed by atoms with Crippen LogP contribution in [0.2, 0.25) is 0 Å². The third-order valence-corrected chi connectivity index (χ3v) is 3.20. The third kappa shape index (κ3) is 2.71. The van der Waals surface area contributed by atoms with E-state index in [0.717, 1.165) is 19.0 Å². The van der Waals surface area contributed by atoms with Gasteiger partial charge >= 0.3 is 5.97 Å². The Labute approximate surface area is 91.6 Å². The molecule has 1 saturated carbocycles. The molecule has 3 heteroatoms. The molecule has 0 radical (unpaired) electrons. The van der Waals surface area contributed by atoms with Gasteiger partial charge in [0.25, 0.3) is 0 Å². The minimum absolute atomic E-state index is 0.00981. The summed E-state index contributed by atoms with van der Waals surface area (Å²) in [6, 6.07) is 0. The molecule has 2 atom stereocenters. The van der Waals surface area contributed by atoms with Crippen LogP contribution in [-0.2, 0) is 9.53 Å². The van der Waals surface area contributed by atoms with Gasteiger partial charge in [0.1, 0.15) is 5.60 Å². The maximum Gasteiger partial charge on any atom is 0.311 e. The van der Waals surface area contributed by atoms with Gasteiger partial charge in [-0.3, -0.25) is 4.79 Å². The van der Waals surface area contributed by atoms with Crippen molar-refractivity contribution in [2.45, 2.75) is 39.2 Å². The lowest BCUT2D eigenvalue weighted by Crippen LogP contribution is -2.32. The van der Waals surface area contributed by atoms with Crippen LogP contribution in [0.3, 0.4) is 0 Å². The Bertz CT molecular complexity index is 253. The van der Waals surface area contributed by atoms with Gasteiger partial charge in [-0.15, -0.1) is 0 Å². The minimum Gasteiger partial charge on any atom is -0.460 e. The molecule has 0 spiro atoms. The van der Waals surface area contributed by atoms with Gasteiger partial charge in [0.2, 0.25) is 0 Å². The lowest BCUT2D eigenvalue weighted by Gasteiger charge is -2.24. The summed E-state index contributed by atoms with van der Waals surface area (Å²) in [5.41, 5.74) is -0.353. The van der Waals surface area contributed by atoms with Crippen LogP contribution < -0.4 is 5.32 Å². The first-order valence-electron chi connectivity index (χ1n) is 5.91. The van der Waals surface area contributed by atoms with E-state index in [9.17, 15) is 4.79 Å². The number of hydrogen-bond donors (Lipinski definition) is 1. The Hall–Kier alpha value is -0.570. The van der Waals surface area contributed by atoms with Crippen LogP contribution in [0.5, 0.6) is 0 Å². The molecule has 3 nitrogen and oxygen atoms in total. The summed E-state index contributed by atoms with van der Waals surface area (Å²) < 4.78 is 5.45. The van der Waals surface area contributed by atoms with Gasteiger partial charge in [-0.25, -0.2) is 0 Å². The van der Waals surface area contributed by atoms with Crippen LogP contribution in [0.1, 0.15) is 33.6 Å². The molecule has 1 aliphatic heterocycles. The van der Waals surface area contributed by atoms with Crippen LogP contribution in [0.25, 0.3) is 0 Å². The Kier molecular flexibility index (Phi) is 2.75. The van der Waals surface area contributed by atoms with Gasteiger partial charge in [-0.05, 0) is 52.0 Å². The molecule has 0 aromatic heterocycles. The SMILES string of the molecule is CC(C)(C)OC(=O)C1CNCC1C1CC1. The summed E-state index contributed by atoms with van der Waals surface area (Å²) in [5.74, 6) is 1.39. The van der Waals surface area contributed by atoms with Gasteiger partial charge in [0, 0.05) is 6.54 Å². The van der Waals surface area contributed by atoms with E-state index in [1.807, 2.05) is 20.8 Å². The average molecular weight is 211 g/mol. The maximum atomic E-state index is 11.9. The number of nitrogens with one attached hydrogen (secondary N) is 1. The van der Waals surface area contributed by atoms with Crippen LogP contribution in [0, 0.1) is 17.8 Å². The molecule has 0 amide bonds. The molecule has 15 heavy (non-hydrogen) atoms. The molecular weight excluding hydrogens is 190 g/mol. The Morgan fingerprint density at radius 3 is 2.47 bits per heavy atom. The van der Waals surface area contributed by atoms with E-state index in [4.69, 9.17) is 4.74 Å². The molecule has 1 aliphatic carbocycles. The number of carbonyl (C=O) groups excluding carboxylic acids is 1. The van der Waals surface area contributed by atoms with Crippen LogP contribution in [0.15, 0.2) is 0 Å². The monoisotopic (exact) mass is 211 g/mol. The molecule has 0 aromatic rings. The fraction of sp³-hybridized carbons (Fsp3) is 0.917. The van der Waals surface area contributed by atoms with Gasteiger partial charge in [0.05, 0.1) is 5.92 Å². The fourth-order valence-electron chi connectivity index (χ4n) is 2.35. The Morgan fingerprint density at radius 1 is 1.27 bits per heavy atom. The topological polar surface area (TPSA) is 38.3 Å². The summed E-state index contributed by atoms with van der Waals surface area (Å²) in [6.07, 6.45) is 2.59. The number of hydrogen-bond acceptors (Lipinski definition) is 3. The second kappa shape index (κ2) is 3.78. The predicted molar refractivity (Wildman–Crippen MR) is 58.4 cm³/mol. The predicted octanol–water partition coefficient (Wildman–Crippen LogP) is 1.57. The highest BCUT2D eigenvalue weighted by atomic mass is 16.6. The van der Waals surface area contributed by atoms with Crippen molar-refractivity contribution < 1.29 is 9.53 Å². The Balaban J connectivity index is 1.93. The van der Waals surface area contributed by atoms with Crippen LogP contribution in [0.4, 0.5) is 0 Å². The summed E-state index contributed by atoms with van der Waals surface area (Å²) in [7, 11) is 0. The van der Waals surface area contributed by atoms with Gasteiger partial charge in [0.15, 0.2) is 0 Å². The van der Waals surface area contributed by atoms with Gasteiger partial charge < -0.3 is 10.1 Å². The van der Waals surface area contributed by atoms with Crippen molar-refractivity contribution in [1.29, 1.82) is 0 Å². The van der Waals surface area contributed by atoms with Crippen LogP contribution in [-0.4, -0.2) is 24.7 Å². The van der Waals surface area contributed by atoms with Crippen molar-refractivity contribution in [2.24, 2.45) is 17.8 Å². The number of carbonyl (C=O) groups is 1. The molecule has 2 unspecified atom stereocenters. The summed E-state index contributed by atoms with van der Waals surface area (Å²) in [4.78, 5) is 11.9. The molecule has 0 aromatic carbocycles. The van der Waals surface area contributed by atoms with E-state index in [-0.39, 0.29) is 17.5 Å². The van der Waals surface area contributed by atoms with Crippen molar-refractivity contribution in [3.05, 3.63) is 0 Å². The summed E-state index contributed by atoms with van der Waals surface area (Å²) in [5, 5.41) is 3.31. The molecule has 2 aliphatic rings. The van der Waals surface area contributed by atoms with E-state index in [2.05, 4.69) is 5.32 Å². The first-order chi connectivity index (χ1) is 6.97. The fourth-order valence-corrected chi connectivity index (χ4v) is 2.35. The first-order valence-corrected chi connectivity index (χ1v) is 5.91. The zero-order valence-corrected chi connectivity index (χ0v) is 9.88. The van der Waals surface area contributed by atoms with Crippen molar-refractivity contribution in [2.75, 3.05) is 13.1 Å². The Morgan fingerprint density at radius 2 is 1.93 bits per heavy atom. The number of esters is 1. The number of rotatable bonds is 2. The van der Waals surface area contributed by atoms with E-state index < -0.39 is 0 Å². The minimum atomic E-state index is -0.353. The summed E-state index contributed by atoms with van der Waals surface area (Å²) in [6.45, 7) is 7.59. The smallest absolute Gasteiger partial charge is 0.311 e. The molecule has 2 rings (SSSR count). The van der Waals surface area contributed by atoms with Gasteiger partial charge in [-0.2, -0.15) is 0 Å². The lowest BCUT2D eigenvalue weighted by molar-refractivity contribution is -0.160. The molecule has 1 saturated heterocycles. The standard InChI is InChI=1S/C12H21NO2/c1-12(2,3)15-11(14)10-7-13-6-9(10)8-4-5-8/h8-10,13H,4-7H2,1-3H3. The number of ether oxygens (including phenoxy) is 1. The molecule has 86 valence electrons. The highest BCUT2D eigenvalue weighted by Crippen LogP contribution is 2.42. The normalized spacial score (nSPS) is 31.7. The first kappa shape index (κ1) is 10.9. The lowest BCUT2D eigenvalue weighted by atomic mass is 9.91. The van der Waals surface area contributed by atoms with Crippen molar-refractivity contribution in [1.82, 2.24) is 5.32 Å². The zero-order valence-electron chi connectivity index (χ0n) is 9.88. The van der Waals surface area contributed by atoms with Crippen molar-refractivity contribution in [3.8, 4) is 0 Å². The molecule has 2 fully saturated rings. The highest BCUT2D eigenvalue weighted by molar-refractivity contribution is 5.74. The highest BCUT2D eigenvalue weighted by Gasteiger charge is 2.43. The van der Waals surface area contributed by atoms with E-state index in [1.165, 1.54) is 12.8 Å². The zero-order chi connectivity index (χ0) is 11.1. The molecule has 0 bridgehead atoms. The largest absolute Gasteiger partial charge is 0.460 e. The van der Waals surface area contributed by atoms with E-state index >= 15 is 0 Å². The second-order valence-electron chi connectivity index (χ2n) is 5.80. The van der Waals surface area contributed by atoms with Gasteiger partial charge in [-0.1, -0.05) is 0 Å². The van der Waals surface area contributed by atoms with Crippen molar-refractivity contribution >= 4 is 5.97 Å².